The number of ether oxygens (including phenoxy) is 2. The van der Waals surface area contributed by atoms with Crippen molar-refractivity contribution in [2.45, 2.75) is 59.2 Å². The molecule has 0 fully saturated rings. The van der Waals surface area contributed by atoms with Gasteiger partial charge in [-0.05, 0) is 107 Å². The first kappa shape index (κ1) is 35.3. The van der Waals surface area contributed by atoms with Gasteiger partial charge in [-0.1, -0.05) is 36.4 Å². The summed E-state index contributed by atoms with van der Waals surface area (Å²) in [5.41, 5.74) is 2.40. The smallest absolute Gasteiger partial charge is 0.412 e. The topological polar surface area (TPSA) is 135 Å². The number of hydrogen-bond acceptors (Lipinski definition) is 7. The Balaban J connectivity index is 0.000000251. The number of hydrogen-bond donors (Lipinski definition) is 4. The average molecular weight is 645 g/mol. The van der Waals surface area contributed by atoms with Gasteiger partial charge in [0.25, 0.3) is 5.91 Å². The molecule has 0 aliphatic carbocycles. The Bertz CT molecular complexity index is 1580. The molecule has 0 radical (unpaired) electrons. The predicted octanol–water partition coefficient (Wildman–Crippen LogP) is 8.56. The van der Waals surface area contributed by atoms with Crippen molar-refractivity contribution in [3.05, 3.63) is 107 Å². The Morgan fingerprint density at radius 3 is 1.41 bits per heavy atom. The fraction of sp³-hybridized carbons (Fsp3) is 0.257. The summed E-state index contributed by atoms with van der Waals surface area (Å²) >= 11 is 1.38. The zero-order valence-corrected chi connectivity index (χ0v) is 27.6. The number of anilines is 4. The van der Waals surface area contributed by atoms with Crippen LogP contribution in [0.2, 0.25) is 0 Å². The minimum Gasteiger partial charge on any atom is -0.444 e. The number of rotatable bonds is 7. The highest BCUT2D eigenvalue weighted by Gasteiger charge is 2.17. The second kappa shape index (κ2) is 16.2. The van der Waals surface area contributed by atoms with Crippen LogP contribution >= 0.6 is 11.3 Å². The van der Waals surface area contributed by atoms with E-state index in [2.05, 4.69) is 21.3 Å². The first-order valence-electron chi connectivity index (χ1n) is 14.5. The van der Waals surface area contributed by atoms with Gasteiger partial charge in [-0.15, -0.1) is 11.3 Å². The summed E-state index contributed by atoms with van der Waals surface area (Å²) in [6.45, 7) is 10.8. The van der Waals surface area contributed by atoms with Crippen molar-refractivity contribution in [3.63, 3.8) is 0 Å². The summed E-state index contributed by atoms with van der Waals surface area (Å²) in [6, 6.07) is 26.9. The van der Waals surface area contributed by atoms with Crippen molar-refractivity contribution in [3.8, 4) is 0 Å². The van der Waals surface area contributed by atoms with Gasteiger partial charge in [-0.2, -0.15) is 0 Å². The van der Waals surface area contributed by atoms with Crippen molar-refractivity contribution >= 4 is 58.1 Å². The zero-order chi connectivity index (χ0) is 33.7. The molecule has 1 aromatic heterocycles. The van der Waals surface area contributed by atoms with Crippen molar-refractivity contribution in [1.29, 1.82) is 0 Å². The SMILES string of the molecule is CC(C)(C)OC(=O)Nc1ccc(NC(=O)Cc2ccccc2)cc1.CC(C)(C)OC(=O)Nc1ccc(NC(=O)c2cccs2)cc1. The molecule has 46 heavy (non-hydrogen) atoms. The molecule has 4 N–H and O–H groups in total. The molecule has 242 valence electrons. The minimum absolute atomic E-state index is 0.0888. The fourth-order valence-electron chi connectivity index (χ4n) is 3.70. The molecule has 0 atom stereocenters. The van der Waals surface area contributed by atoms with Crippen molar-refractivity contribution in [1.82, 2.24) is 0 Å². The number of benzene rings is 3. The first-order valence-corrected chi connectivity index (χ1v) is 15.4. The van der Waals surface area contributed by atoms with E-state index in [0.717, 1.165) is 5.56 Å². The lowest BCUT2D eigenvalue weighted by molar-refractivity contribution is -0.115. The summed E-state index contributed by atoms with van der Waals surface area (Å²) in [6.07, 6.45) is -0.704. The molecule has 0 aliphatic heterocycles. The van der Waals surface area contributed by atoms with Gasteiger partial charge in [0.15, 0.2) is 0 Å². The monoisotopic (exact) mass is 644 g/mol. The van der Waals surface area contributed by atoms with Crippen molar-refractivity contribution < 1.29 is 28.7 Å². The van der Waals surface area contributed by atoms with Crippen LogP contribution in [-0.4, -0.2) is 35.2 Å². The lowest BCUT2D eigenvalue weighted by Crippen LogP contribution is -2.27. The van der Waals surface area contributed by atoms with E-state index >= 15 is 0 Å². The van der Waals surface area contributed by atoms with Gasteiger partial charge >= 0.3 is 12.2 Å². The van der Waals surface area contributed by atoms with Crippen LogP contribution in [0, 0.1) is 0 Å². The summed E-state index contributed by atoms with van der Waals surface area (Å²) in [4.78, 5) is 47.9. The van der Waals surface area contributed by atoms with Gasteiger partial charge in [0.1, 0.15) is 11.2 Å². The van der Waals surface area contributed by atoms with Crippen LogP contribution in [0.5, 0.6) is 0 Å². The summed E-state index contributed by atoms with van der Waals surface area (Å²) in [5.74, 6) is -0.239. The highest BCUT2D eigenvalue weighted by molar-refractivity contribution is 7.12. The molecule has 0 saturated heterocycles. The van der Waals surface area contributed by atoms with E-state index < -0.39 is 23.4 Å². The Morgan fingerprint density at radius 1 is 0.565 bits per heavy atom. The highest BCUT2D eigenvalue weighted by atomic mass is 32.1. The predicted molar refractivity (Wildman–Crippen MR) is 184 cm³/mol. The molecular weight excluding hydrogens is 604 g/mol. The molecule has 4 aromatic rings. The number of carbonyl (C=O) groups excluding carboxylic acids is 4. The fourth-order valence-corrected chi connectivity index (χ4v) is 4.32. The van der Waals surface area contributed by atoms with Crippen LogP contribution in [0.3, 0.4) is 0 Å². The first-order chi connectivity index (χ1) is 21.6. The van der Waals surface area contributed by atoms with Crippen LogP contribution < -0.4 is 21.3 Å². The molecule has 4 rings (SSSR count). The van der Waals surface area contributed by atoms with Gasteiger partial charge in [-0.3, -0.25) is 20.2 Å². The van der Waals surface area contributed by atoms with E-state index in [1.165, 1.54) is 11.3 Å². The Labute approximate surface area is 273 Å². The van der Waals surface area contributed by atoms with Crippen LogP contribution in [0.25, 0.3) is 0 Å². The summed E-state index contributed by atoms with van der Waals surface area (Å²) in [7, 11) is 0. The molecule has 0 unspecified atom stereocenters. The highest BCUT2D eigenvalue weighted by Crippen LogP contribution is 2.18. The lowest BCUT2D eigenvalue weighted by Gasteiger charge is -2.19. The van der Waals surface area contributed by atoms with Gasteiger partial charge in [0.2, 0.25) is 5.91 Å². The number of thiophene rings is 1. The molecule has 0 aliphatic rings. The van der Waals surface area contributed by atoms with E-state index in [1.807, 2.05) is 41.8 Å². The van der Waals surface area contributed by atoms with Gasteiger partial charge in [0.05, 0.1) is 11.3 Å². The minimum atomic E-state index is -0.546. The van der Waals surface area contributed by atoms with Crippen LogP contribution in [0.4, 0.5) is 32.3 Å². The van der Waals surface area contributed by atoms with E-state index in [1.54, 1.807) is 96.1 Å². The third kappa shape index (κ3) is 13.6. The van der Waals surface area contributed by atoms with Crippen LogP contribution in [0.15, 0.2) is 96.4 Å². The number of carbonyl (C=O) groups is 4. The molecule has 11 heteroatoms. The maximum Gasteiger partial charge on any atom is 0.412 e. The maximum absolute atomic E-state index is 12.0. The van der Waals surface area contributed by atoms with Gasteiger partial charge in [-0.25, -0.2) is 9.59 Å². The van der Waals surface area contributed by atoms with E-state index in [4.69, 9.17) is 9.47 Å². The molecule has 4 amide bonds. The largest absolute Gasteiger partial charge is 0.444 e. The van der Waals surface area contributed by atoms with Crippen molar-refractivity contribution in [2.75, 3.05) is 21.3 Å². The van der Waals surface area contributed by atoms with E-state index in [0.29, 0.717) is 34.0 Å². The van der Waals surface area contributed by atoms with Crippen molar-refractivity contribution in [2.24, 2.45) is 0 Å². The van der Waals surface area contributed by atoms with Crippen LogP contribution in [0.1, 0.15) is 56.8 Å². The second-order valence-corrected chi connectivity index (χ2v) is 13.0. The Hall–Kier alpha value is -5.16. The number of nitrogens with one attached hydrogen (secondary N) is 4. The van der Waals surface area contributed by atoms with Crippen LogP contribution in [-0.2, 0) is 20.7 Å². The normalized spacial score (nSPS) is 10.8. The summed E-state index contributed by atoms with van der Waals surface area (Å²) in [5, 5.41) is 12.7. The Kier molecular flexibility index (Phi) is 12.5. The molecule has 0 spiro atoms. The zero-order valence-electron chi connectivity index (χ0n) is 26.8. The second-order valence-electron chi connectivity index (χ2n) is 12.1. The maximum atomic E-state index is 12.0. The third-order valence-electron chi connectivity index (χ3n) is 5.55. The molecule has 0 saturated carbocycles. The van der Waals surface area contributed by atoms with E-state index in [9.17, 15) is 19.2 Å². The summed E-state index contributed by atoms with van der Waals surface area (Å²) < 4.78 is 10.4. The number of amides is 4. The third-order valence-corrected chi connectivity index (χ3v) is 6.42. The molecule has 10 nitrogen and oxygen atoms in total. The standard InChI is InChI=1S/C19H22N2O3.C16H18N2O3S/c1-19(2,3)24-18(23)21-16-11-9-15(10-12-16)20-17(22)13-14-7-5-4-6-8-14;1-16(2,3)21-15(20)18-12-8-6-11(7-9-12)17-14(19)13-5-4-10-22-13/h4-12H,13H2,1-3H3,(H,20,22)(H,21,23);4-10H,1-3H3,(H,17,19)(H,18,20). The lowest BCUT2D eigenvalue weighted by atomic mass is 10.1. The van der Waals surface area contributed by atoms with Gasteiger partial charge in [0, 0.05) is 22.7 Å². The molecule has 0 bridgehead atoms. The van der Waals surface area contributed by atoms with Gasteiger partial charge < -0.3 is 20.1 Å². The van der Waals surface area contributed by atoms with E-state index in [-0.39, 0.29) is 11.8 Å². The molecule has 1 heterocycles. The quantitative estimate of drug-likeness (QED) is 0.159. The Morgan fingerprint density at radius 2 is 1.00 bits per heavy atom. The average Bonchev–Trinajstić information content (AvgIpc) is 3.50. The molecular formula is C35H40N4O6S. The molecule has 3 aromatic carbocycles.